The van der Waals surface area contributed by atoms with Crippen molar-refractivity contribution in [2.24, 2.45) is 0 Å². The molecule has 28 heavy (non-hydrogen) atoms. The van der Waals surface area contributed by atoms with Crippen molar-refractivity contribution in [1.29, 1.82) is 0 Å². The van der Waals surface area contributed by atoms with E-state index < -0.39 is 11.1 Å². The van der Waals surface area contributed by atoms with E-state index in [4.69, 9.17) is 4.74 Å². The molecule has 1 aliphatic rings. The second kappa shape index (κ2) is 7.59. The van der Waals surface area contributed by atoms with E-state index in [9.17, 15) is 9.18 Å². The lowest BCUT2D eigenvalue weighted by Gasteiger charge is -2.34. The molecule has 2 heterocycles. The second-order valence-corrected chi connectivity index (χ2v) is 7.70. The maximum absolute atomic E-state index is 14.0. The summed E-state index contributed by atoms with van der Waals surface area (Å²) >= 11 is 1.46. The van der Waals surface area contributed by atoms with Gasteiger partial charge in [-0.3, -0.25) is 9.47 Å². The van der Waals surface area contributed by atoms with Crippen molar-refractivity contribution in [3.63, 3.8) is 0 Å². The van der Waals surface area contributed by atoms with Crippen molar-refractivity contribution in [3.8, 4) is 5.75 Å². The average molecular weight is 397 g/mol. The number of amides is 1. The zero-order chi connectivity index (χ0) is 19.7. The number of anilines is 1. The number of benzene rings is 2. The Morgan fingerprint density at radius 2 is 1.89 bits per heavy atom. The molecule has 0 saturated carbocycles. The number of aromatic nitrogens is 1. The molecule has 7 heteroatoms. The standard InChI is InChI=1S/C21H20FN3O2S/c1-13-7-12-18-25(13)24-19(14-8-10-15(27-2)11-9-14)20(28-18)21(26)23-17-6-4-3-5-16(17)22/h3-12,19-20,24H,1-2H3,(H,23,26)/t19-,20-/m0/s1. The summed E-state index contributed by atoms with van der Waals surface area (Å²) < 4.78 is 21.2. The molecule has 1 aromatic heterocycles. The van der Waals surface area contributed by atoms with Gasteiger partial charge in [-0.1, -0.05) is 36.0 Å². The highest BCUT2D eigenvalue weighted by molar-refractivity contribution is 8.00. The van der Waals surface area contributed by atoms with Crippen LogP contribution < -0.4 is 15.5 Å². The minimum absolute atomic E-state index is 0.179. The van der Waals surface area contributed by atoms with Crippen LogP contribution in [-0.2, 0) is 4.79 Å². The quantitative estimate of drug-likeness (QED) is 0.688. The first-order valence-corrected chi connectivity index (χ1v) is 9.75. The van der Waals surface area contributed by atoms with Gasteiger partial charge in [0, 0.05) is 5.69 Å². The number of methoxy groups -OCH3 is 1. The summed E-state index contributed by atoms with van der Waals surface area (Å²) in [7, 11) is 1.61. The van der Waals surface area contributed by atoms with E-state index in [2.05, 4.69) is 10.7 Å². The summed E-state index contributed by atoms with van der Waals surface area (Å²) in [6.07, 6.45) is 0. The Kier molecular flexibility index (Phi) is 5.00. The van der Waals surface area contributed by atoms with Crippen LogP contribution in [0.2, 0.25) is 0 Å². The first-order chi connectivity index (χ1) is 13.6. The lowest BCUT2D eigenvalue weighted by molar-refractivity contribution is -0.116. The molecule has 0 unspecified atom stereocenters. The van der Waals surface area contributed by atoms with Crippen LogP contribution in [0, 0.1) is 12.7 Å². The van der Waals surface area contributed by atoms with E-state index in [1.165, 1.54) is 17.8 Å². The van der Waals surface area contributed by atoms with Gasteiger partial charge in [-0.15, -0.1) is 0 Å². The molecule has 1 aliphatic heterocycles. The second-order valence-electron chi connectivity index (χ2n) is 6.54. The van der Waals surface area contributed by atoms with Gasteiger partial charge in [-0.2, -0.15) is 0 Å². The molecule has 5 nitrogen and oxygen atoms in total. The molecule has 3 aromatic rings. The predicted octanol–water partition coefficient (Wildman–Crippen LogP) is 4.34. The number of hydrogen-bond acceptors (Lipinski definition) is 4. The molecular weight excluding hydrogens is 377 g/mol. The van der Waals surface area contributed by atoms with Crippen LogP contribution in [0.5, 0.6) is 5.75 Å². The third-order valence-corrected chi connectivity index (χ3v) is 6.02. The maximum atomic E-state index is 14.0. The fraction of sp³-hybridized carbons (Fsp3) is 0.190. The van der Waals surface area contributed by atoms with Gasteiger partial charge in [-0.05, 0) is 48.9 Å². The van der Waals surface area contributed by atoms with E-state index in [0.29, 0.717) is 0 Å². The highest BCUT2D eigenvalue weighted by atomic mass is 32.2. The van der Waals surface area contributed by atoms with Crippen molar-refractivity contribution in [3.05, 3.63) is 77.7 Å². The summed E-state index contributed by atoms with van der Waals surface area (Å²) in [5.41, 5.74) is 5.61. The molecule has 2 aromatic carbocycles. The molecule has 144 valence electrons. The van der Waals surface area contributed by atoms with Gasteiger partial charge in [0.15, 0.2) is 0 Å². The largest absolute Gasteiger partial charge is 0.497 e. The number of nitrogens with one attached hydrogen (secondary N) is 2. The number of fused-ring (bicyclic) bond motifs is 1. The molecule has 0 spiro atoms. The summed E-state index contributed by atoms with van der Waals surface area (Å²) in [6, 6.07) is 17.5. The lowest BCUT2D eigenvalue weighted by Crippen LogP contribution is -2.41. The number of halogens is 1. The number of aryl methyl sites for hydroxylation is 1. The Morgan fingerprint density at radius 3 is 2.61 bits per heavy atom. The Hall–Kier alpha value is -2.93. The minimum atomic E-state index is -0.477. The predicted molar refractivity (Wildman–Crippen MR) is 109 cm³/mol. The summed E-state index contributed by atoms with van der Waals surface area (Å²) in [6.45, 7) is 2.00. The highest BCUT2D eigenvalue weighted by Gasteiger charge is 2.36. The van der Waals surface area contributed by atoms with E-state index in [1.807, 2.05) is 48.0 Å². The van der Waals surface area contributed by atoms with Crippen molar-refractivity contribution >= 4 is 23.4 Å². The number of carbonyl (C=O) groups is 1. The van der Waals surface area contributed by atoms with E-state index in [1.54, 1.807) is 25.3 Å². The van der Waals surface area contributed by atoms with Gasteiger partial charge < -0.3 is 15.5 Å². The molecule has 4 rings (SSSR count). The topological polar surface area (TPSA) is 55.3 Å². The average Bonchev–Trinajstić information content (AvgIpc) is 3.09. The molecule has 0 saturated heterocycles. The normalized spacial score (nSPS) is 18.1. The Labute approximate surface area is 166 Å². The highest BCUT2D eigenvalue weighted by Crippen LogP contribution is 2.39. The smallest absolute Gasteiger partial charge is 0.240 e. The minimum Gasteiger partial charge on any atom is -0.497 e. The number of carbonyl (C=O) groups excluding carboxylic acids is 1. The van der Waals surface area contributed by atoms with Gasteiger partial charge in [0.05, 0.1) is 23.9 Å². The third-order valence-electron chi connectivity index (χ3n) is 4.72. The number of para-hydroxylation sites is 1. The molecule has 0 aliphatic carbocycles. The summed E-state index contributed by atoms with van der Waals surface area (Å²) in [5.74, 6) is 0.0377. The Balaban J connectivity index is 1.67. The van der Waals surface area contributed by atoms with E-state index in [-0.39, 0.29) is 17.6 Å². The van der Waals surface area contributed by atoms with Gasteiger partial charge >= 0.3 is 0 Å². The van der Waals surface area contributed by atoms with Crippen molar-refractivity contribution in [1.82, 2.24) is 4.68 Å². The van der Waals surface area contributed by atoms with Crippen LogP contribution >= 0.6 is 11.8 Å². The molecule has 0 fully saturated rings. The molecule has 0 radical (unpaired) electrons. The van der Waals surface area contributed by atoms with Gasteiger partial charge in [0.2, 0.25) is 5.91 Å². The fourth-order valence-electron chi connectivity index (χ4n) is 3.21. The lowest BCUT2D eigenvalue weighted by atomic mass is 10.0. The zero-order valence-electron chi connectivity index (χ0n) is 15.5. The molecule has 2 N–H and O–H groups in total. The van der Waals surface area contributed by atoms with Crippen molar-refractivity contribution in [2.45, 2.75) is 23.2 Å². The van der Waals surface area contributed by atoms with Crippen LogP contribution in [-0.4, -0.2) is 22.9 Å². The number of hydrogen-bond donors (Lipinski definition) is 2. The zero-order valence-corrected chi connectivity index (χ0v) is 16.3. The Morgan fingerprint density at radius 1 is 1.14 bits per heavy atom. The third kappa shape index (κ3) is 3.45. The molecule has 0 bridgehead atoms. The molecule has 2 atom stereocenters. The first-order valence-electron chi connectivity index (χ1n) is 8.87. The van der Waals surface area contributed by atoms with Crippen molar-refractivity contribution in [2.75, 3.05) is 17.9 Å². The summed E-state index contributed by atoms with van der Waals surface area (Å²) in [5, 5.41) is 3.19. The first kappa shape index (κ1) is 18.4. The maximum Gasteiger partial charge on any atom is 0.240 e. The van der Waals surface area contributed by atoms with Crippen LogP contribution in [0.4, 0.5) is 10.1 Å². The van der Waals surface area contributed by atoms with Crippen molar-refractivity contribution < 1.29 is 13.9 Å². The monoisotopic (exact) mass is 397 g/mol. The van der Waals surface area contributed by atoms with Crippen LogP contribution in [0.25, 0.3) is 0 Å². The Bertz CT molecular complexity index is 1000. The number of rotatable bonds is 4. The van der Waals surface area contributed by atoms with Gasteiger partial charge in [-0.25, -0.2) is 4.39 Å². The van der Waals surface area contributed by atoms with E-state index in [0.717, 1.165) is 22.0 Å². The van der Waals surface area contributed by atoms with Crippen LogP contribution in [0.1, 0.15) is 17.3 Å². The SMILES string of the molecule is COc1ccc([C@@H]2Nn3c(C)ccc3S[C@@H]2C(=O)Nc2ccccc2F)cc1. The molecule has 1 amide bonds. The number of ether oxygens (including phenoxy) is 1. The van der Waals surface area contributed by atoms with Gasteiger partial charge in [0.25, 0.3) is 0 Å². The van der Waals surface area contributed by atoms with Crippen LogP contribution in [0.3, 0.4) is 0 Å². The number of thioether (sulfide) groups is 1. The van der Waals surface area contributed by atoms with Gasteiger partial charge in [0.1, 0.15) is 16.8 Å². The fourth-order valence-corrected chi connectivity index (χ4v) is 4.44. The summed E-state index contributed by atoms with van der Waals surface area (Å²) in [4.78, 5) is 13.1. The van der Waals surface area contributed by atoms with Crippen LogP contribution in [0.15, 0.2) is 65.7 Å². The van der Waals surface area contributed by atoms with E-state index >= 15 is 0 Å². The number of nitrogens with zero attached hydrogens (tertiary/aromatic N) is 1. The molecular formula is C21H20FN3O2S.